The Labute approximate surface area is 128 Å². The second kappa shape index (κ2) is 5.64. The SMILES string of the molecule is CC(c1cc2ccccc2o1)N(C)C(=O)c1ccc(F)cc1. The van der Waals surface area contributed by atoms with Gasteiger partial charge in [0, 0.05) is 18.0 Å². The first kappa shape index (κ1) is 14.3. The van der Waals surface area contributed by atoms with E-state index in [-0.39, 0.29) is 17.8 Å². The zero-order valence-electron chi connectivity index (χ0n) is 12.4. The van der Waals surface area contributed by atoms with Gasteiger partial charge in [0.1, 0.15) is 17.2 Å². The Kier molecular flexibility index (Phi) is 3.67. The van der Waals surface area contributed by atoms with E-state index in [4.69, 9.17) is 4.42 Å². The van der Waals surface area contributed by atoms with Crippen molar-refractivity contribution in [1.82, 2.24) is 4.90 Å². The van der Waals surface area contributed by atoms with E-state index in [1.54, 1.807) is 11.9 Å². The molecule has 0 N–H and O–H groups in total. The van der Waals surface area contributed by atoms with Crippen LogP contribution in [0.15, 0.2) is 59.0 Å². The number of carbonyl (C=O) groups excluding carboxylic acids is 1. The molecule has 0 aliphatic carbocycles. The average Bonchev–Trinajstić information content (AvgIpc) is 2.97. The Morgan fingerprint density at radius 3 is 2.50 bits per heavy atom. The molecule has 1 aromatic heterocycles. The molecule has 1 unspecified atom stereocenters. The highest BCUT2D eigenvalue weighted by atomic mass is 19.1. The maximum absolute atomic E-state index is 13.0. The first-order valence-corrected chi connectivity index (χ1v) is 7.07. The number of hydrogen-bond acceptors (Lipinski definition) is 2. The number of carbonyl (C=O) groups is 1. The summed E-state index contributed by atoms with van der Waals surface area (Å²) in [5.74, 6) is 0.191. The van der Waals surface area contributed by atoms with Crippen LogP contribution in [0.3, 0.4) is 0 Å². The molecule has 0 radical (unpaired) electrons. The Morgan fingerprint density at radius 2 is 1.82 bits per heavy atom. The van der Waals surface area contributed by atoms with Crippen molar-refractivity contribution >= 4 is 16.9 Å². The van der Waals surface area contributed by atoms with Crippen LogP contribution in [0.5, 0.6) is 0 Å². The highest BCUT2D eigenvalue weighted by Gasteiger charge is 2.21. The zero-order chi connectivity index (χ0) is 15.7. The lowest BCUT2D eigenvalue weighted by Crippen LogP contribution is -2.29. The quantitative estimate of drug-likeness (QED) is 0.717. The number of halogens is 1. The standard InChI is InChI=1S/C18H16FNO2/c1-12(17-11-14-5-3-4-6-16(14)22-17)20(2)18(21)13-7-9-15(19)10-8-13/h3-12H,1-2H3. The number of rotatable bonds is 3. The average molecular weight is 297 g/mol. The third kappa shape index (κ3) is 2.60. The molecular formula is C18H16FNO2. The molecule has 112 valence electrons. The van der Waals surface area contributed by atoms with Gasteiger partial charge >= 0.3 is 0 Å². The first-order valence-electron chi connectivity index (χ1n) is 7.07. The van der Waals surface area contributed by atoms with E-state index in [9.17, 15) is 9.18 Å². The van der Waals surface area contributed by atoms with Gasteiger partial charge in [-0.2, -0.15) is 0 Å². The van der Waals surface area contributed by atoms with Gasteiger partial charge < -0.3 is 9.32 Å². The largest absolute Gasteiger partial charge is 0.459 e. The monoisotopic (exact) mass is 297 g/mol. The molecule has 22 heavy (non-hydrogen) atoms. The molecule has 3 nitrogen and oxygen atoms in total. The van der Waals surface area contributed by atoms with Crippen molar-refractivity contribution < 1.29 is 13.6 Å². The summed E-state index contributed by atoms with van der Waals surface area (Å²) < 4.78 is 18.8. The van der Waals surface area contributed by atoms with Gasteiger partial charge in [0.05, 0.1) is 6.04 Å². The molecular weight excluding hydrogens is 281 g/mol. The molecule has 3 rings (SSSR count). The van der Waals surface area contributed by atoms with Crippen LogP contribution in [0, 0.1) is 5.82 Å². The Balaban J connectivity index is 1.85. The Morgan fingerprint density at radius 1 is 1.14 bits per heavy atom. The van der Waals surface area contributed by atoms with E-state index < -0.39 is 0 Å². The summed E-state index contributed by atoms with van der Waals surface area (Å²) in [5, 5.41) is 1.01. The van der Waals surface area contributed by atoms with E-state index in [0.29, 0.717) is 5.56 Å². The van der Waals surface area contributed by atoms with E-state index in [1.165, 1.54) is 24.3 Å². The van der Waals surface area contributed by atoms with E-state index in [0.717, 1.165) is 16.7 Å². The van der Waals surface area contributed by atoms with Crippen LogP contribution in [-0.4, -0.2) is 17.9 Å². The van der Waals surface area contributed by atoms with Crippen molar-refractivity contribution in [3.8, 4) is 0 Å². The fraction of sp³-hybridized carbons (Fsp3) is 0.167. The zero-order valence-corrected chi connectivity index (χ0v) is 12.4. The first-order chi connectivity index (χ1) is 10.6. The molecule has 1 amide bonds. The van der Waals surface area contributed by atoms with E-state index in [1.807, 2.05) is 37.3 Å². The number of benzene rings is 2. The lowest BCUT2D eigenvalue weighted by molar-refractivity contribution is 0.0727. The lowest BCUT2D eigenvalue weighted by atomic mass is 10.1. The third-order valence-electron chi connectivity index (χ3n) is 3.85. The van der Waals surface area contributed by atoms with Crippen molar-refractivity contribution in [1.29, 1.82) is 0 Å². The Hall–Kier alpha value is -2.62. The molecule has 0 saturated heterocycles. The molecule has 0 bridgehead atoms. The van der Waals surface area contributed by atoms with Gasteiger partial charge in [-0.1, -0.05) is 18.2 Å². The summed E-state index contributed by atoms with van der Waals surface area (Å²) in [7, 11) is 1.71. The molecule has 0 fully saturated rings. The molecule has 3 aromatic rings. The Bertz CT molecular complexity index is 774. The second-order valence-corrected chi connectivity index (χ2v) is 5.29. The fourth-order valence-corrected chi connectivity index (χ4v) is 2.37. The number of nitrogens with zero attached hydrogens (tertiary/aromatic N) is 1. The van der Waals surface area contributed by atoms with Crippen molar-refractivity contribution in [2.75, 3.05) is 7.05 Å². The summed E-state index contributed by atoms with van der Waals surface area (Å²) in [4.78, 5) is 14.0. The number of fused-ring (bicyclic) bond motifs is 1. The van der Waals surface area contributed by atoms with Crippen LogP contribution >= 0.6 is 0 Å². The number of hydrogen-bond donors (Lipinski definition) is 0. The van der Waals surface area contributed by atoms with Crippen LogP contribution in [0.1, 0.15) is 29.1 Å². The maximum atomic E-state index is 13.0. The van der Waals surface area contributed by atoms with Gasteiger partial charge in [0.2, 0.25) is 0 Å². The van der Waals surface area contributed by atoms with Crippen molar-refractivity contribution in [2.45, 2.75) is 13.0 Å². The number of furan rings is 1. The summed E-state index contributed by atoms with van der Waals surface area (Å²) >= 11 is 0. The van der Waals surface area contributed by atoms with Gasteiger partial charge in [0.15, 0.2) is 0 Å². The predicted molar refractivity (Wildman–Crippen MR) is 83.1 cm³/mol. The van der Waals surface area contributed by atoms with Crippen LogP contribution in [0.4, 0.5) is 4.39 Å². The van der Waals surface area contributed by atoms with E-state index >= 15 is 0 Å². The van der Waals surface area contributed by atoms with Gasteiger partial charge in [0.25, 0.3) is 5.91 Å². The molecule has 2 aromatic carbocycles. The number of para-hydroxylation sites is 1. The normalized spacial score (nSPS) is 12.3. The minimum Gasteiger partial charge on any atom is -0.459 e. The highest BCUT2D eigenvalue weighted by molar-refractivity contribution is 5.94. The van der Waals surface area contributed by atoms with Crippen molar-refractivity contribution in [3.63, 3.8) is 0 Å². The molecule has 0 spiro atoms. The minimum atomic E-state index is -0.357. The second-order valence-electron chi connectivity index (χ2n) is 5.29. The van der Waals surface area contributed by atoms with Gasteiger partial charge in [-0.05, 0) is 43.3 Å². The molecule has 1 atom stereocenters. The fourth-order valence-electron chi connectivity index (χ4n) is 2.37. The maximum Gasteiger partial charge on any atom is 0.254 e. The molecule has 0 aliphatic rings. The van der Waals surface area contributed by atoms with Gasteiger partial charge in [-0.25, -0.2) is 4.39 Å². The highest BCUT2D eigenvalue weighted by Crippen LogP contribution is 2.27. The van der Waals surface area contributed by atoms with Crippen molar-refractivity contribution in [2.24, 2.45) is 0 Å². The lowest BCUT2D eigenvalue weighted by Gasteiger charge is -2.23. The van der Waals surface area contributed by atoms with Crippen LogP contribution in [-0.2, 0) is 0 Å². The molecule has 4 heteroatoms. The predicted octanol–water partition coefficient (Wildman–Crippen LogP) is 4.41. The van der Waals surface area contributed by atoms with Crippen molar-refractivity contribution in [3.05, 3.63) is 71.7 Å². The molecule has 0 saturated carbocycles. The van der Waals surface area contributed by atoms with Crippen LogP contribution in [0.25, 0.3) is 11.0 Å². The third-order valence-corrected chi connectivity index (χ3v) is 3.85. The van der Waals surface area contributed by atoms with Crippen LogP contribution < -0.4 is 0 Å². The molecule has 1 heterocycles. The van der Waals surface area contributed by atoms with Gasteiger partial charge in [-0.3, -0.25) is 4.79 Å². The molecule has 0 aliphatic heterocycles. The van der Waals surface area contributed by atoms with Gasteiger partial charge in [-0.15, -0.1) is 0 Å². The summed E-state index contributed by atoms with van der Waals surface area (Å²) in [5.41, 5.74) is 1.25. The smallest absolute Gasteiger partial charge is 0.254 e. The van der Waals surface area contributed by atoms with E-state index in [2.05, 4.69) is 0 Å². The summed E-state index contributed by atoms with van der Waals surface area (Å²) in [6.07, 6.45) is 0. The number of amides is 1. The topological polar surface area (TPSA) is 33.5 Å². The summed E-state index contributed by atoms with van der Waals surface area (Å²) in [6, 6.07) is 15.0. The summed E-state index contributed by atoms with van der Waals surface area (Å²) in [6.45, 7) is 1.90. The van der Waals surface area contributed by atoms with Crippen LogP contribution in [0.2, 0.25) is 0 Å². The minimum absolute atomic E-state index is 0.173.